The van der Waals surface area contributed by atoms with Gasteiger partial charge in [0.2, 0.25) is 0 Å². The Morgan fingerprint density at radius 2 is 0.863 bits per heavy atom. The number of unbranched alkanes of at least 4 members (excludes halogenated alkanes) is 8. The molecule has 268 valence electrons. The van der Waals surface area contributed by atoms with Crippen LogP contribution in [-0.2, 0) is 6.42 Å². The van der Waals surface area contributed by atoms with E-state index in [2.05, 4.69) is 34.2 Å². The van der Waals surface area contributed by atoms with Crippen LogP contribution in [0, 0.1) is 0 Å². The smallest absolute Gasteiger partial charge is 0.146 e. The predicted octanol–water partition coefficient (Wildman–Crippen LogP) is 8.94. The second-order valence-corrected chi connectivity index (χ2v) is 13.7. The number of phenols is 2. The third kappa shape index (κ3) is 8.57. The van der Waals surface area contributed by atoms with E-state index in [-0.39, 0.29) is 17.9 Å². The number of aromatic hydroxyl groups is 2. The number of aliphatic hydroxyl groups excluding tert-OH is 2. The van der Waals surface area contributed by atoms with Crippen LogP contribution in [0.5, 0.6) is 11.5 Å². The Morgan fingerprint density at radius 1 is 0.510 bits per heavy atom. The summed E-state index contributed by atoms with van der Waals surface area (Å²) in [5, 5.41) is 64.9. The molecule has 0 saturated carbocycles. The molecule has 10 nitrogen and oxygen atoms in total. The third-order valence-corrected chi connectivity index (χ3v) is 9.70. The molecule has 0 amide bonds. The van der Waals surface area contributed by atoms with E-state index in [0.29, 0.717) is 68.5 Å². The lowest BCUT2D eigenvalue weighted by molar-refractivity contribution is 0.163. The maximum absolute atomic E-state index is 11.8. The van der Waals surface area contributed by atoms with Crippen LogP contribution in [0.2, 0.25) is 0 Å². The highest BCUT2D eigenvalue weighted by atomic mass is 16.3. The van der Waals surface area contributed by atoms with Gasteiger partial charge in [0.05, 0.1) is 12.2 Å². The average Bonchev–Trinajstić information content (AvgIpc) is 3.77. The molecule has 0 aliphatic carbocycles. The molecular formula is C41H50N6O4. The van der Waals surface area contributed by atoms with Crippen LogP contribution in [0.25, 0.3) is 33.4 Å². The number of aliphatic hydroxyl groups is 2. The lowest BCUT2D eigenvalue weighted by atomic mass is 9.93. The molecule has 2 atom stereocenters. The quantitative estimate of drug-likeness (QED) is 0.0655. The number of hydrogen-bond donors (Lipinski definition) is 4. The normalized spacial score (nSPS) is 12.9. The highest BCUT2D eigenvalue weighted by molar-refractivity contribution is 5.75. The minimum absolute atomic E-state index is 0.0556. The van der Waals surface area contributed by atoms with Gasteiger partial charge in [0, 0.05) is 17.5 Å². The number of hydrogen-bond acceptors (Lipinski definition) is 8. The number of aromatic nitrogens is 6. The minimum atomic E-state index is -0.763. The van der Waals surface area contributed by atoms with Crippen LogP contribution in [0.15, 0.2) is 72.8 Å². The highest BCUT2D eigenvalue weighted by Crippen LogP contribution is 2.38. The Labute approximate surface area is 299 Å². The van der Waals surface area contributed by atoms with Crippen molar-refractivity contribution in [3.8, 4) is 22.9 Å². The van der Waals surface area contributed by atoms with Gasteiger partial charge in [-0.3, -0.25) is 0 Å². The molecule has 0 spiro atoms. The van der Waals surface area contributed by atoms with E-state index < -0.39 is 12.2 Å². The van der Waals surface area contributed by atoms with Crippen molar-refractivity contribution >= 4 is 22.1 Å². The second-order valence-electron chi connectivity index (χ2n) is 13.7. The van der Waals surface area contributed by atoms with Gasteiger partial charge < -0.3 is 20.4 Å². The van der Waals surface area contributed by atoms with Crippen LogP contribution in [0.1, 0.15) is 125 Å². The average molecular weight is 691 g/mol. The fourth-order valence-electron chi connectivity index (χ4n) is 6.72. The van der Waals surface area contributed by atoms with Gasteiger partial charge in [-0.25, -0.2) is 0 Å². The second kappa shape index (κ2) is 16.9. The molecule has 2 heterocycles. The minimum Gasteiger partial charge on any atom is -0.505 e. The topological polar surface area (TPSA) is 142 Å². The Kier molecular flexibility index (Phi) is 12.0. The standard InChI is InChI=1S/C41H50N6O4/c1-3-5-7-9-11-21-38(48)28-23-30(40(50)36(26-28)46-42-32-17-13-14-18-33(32)43-46)25-31-24-29(39(49)22-12-10-8-6-4-2)27-37(41(31)51)47-44-34-19-15-16-20-35(34)45-47/h13-20,23-24,26-27,38-39,48-51H,3-12,21-22,25H2,1-2H3. The van der Waals surface area contributed by atoms with E-state index >= 15 is 0 Å². The van der Waals surface area contributed by atoms with Gasteiger partial charge in [0.15, 0.2) is 0 Å². The summed E-state index contributed by atoms with van der Waals surface area (Å²) in [5.74, 6) is -0.111. The monoisotopic (exact) mass is 690 g/mol. The highest BCUT2D eigenvalue weighted by Gasteiger charge is 2.23. The van der Waals surface area contributed by atoms with E-state index in [9.17, 15) is 20.4 Å². The molecule has 0 aliphatic rings. The van der Waals surface area contributed by atoms with Crippen molar-refractivity contribution in [3.63, 3.8) is 0 Å². The van der Waals surface area contributed by atoms with Crippen molar-refractivity contribution < 1.29 is 20.4 Å². The lowest BCUT2D eigenvalue weighted by Crippen LogP contribution is -2.08. The molecule has 6 aromatic rings. The molecule has 2 aromatic heterocycles. The summed E-state index contributed by atoms with van der Waals surface area (Å²) in [6.45, 7) is 4.36. The van der Waals surface area contributed by atoms with Gasteiger partial charge in [0.25, 0.3) is 0 Å². The van der Waals surface area contributed by atoms with Gasteiger partial charge in [-0.05, 0) is 72.5 Å². The SMILES string of the molecule is CCCCCCCC(O)c1cc(Cc2cc(C(O)CCCCCCC)cc(-n3nc4ccccc4n3)c2O)c(O)c(-n2nc3ccccc3n2)c1. The summed E-state index contributed by atoms with van der Waals surface area (Å²) in [6.07, 6.45) is 10.5. The van der Waals surface area contributed by atoms with Crippen LogP contribution in [-0.4, -0.2) is 50.4 Å². The fraction of sp³-hybridized carbons (Fsp3) is 0.415. The Hall–Kier alpha value is -4.80. The molecule has 0 aliphatic heterocycles. The van der Waals surface area contributed by atoms with Crippen molar-refractivity contribution in [2.45, 2.75) is 110 Å². The van der Waals surface area contributed by atoms with Crippen molar-refractivity contribution in [2.75, 3.05) is 0 Å². The van der Waals surface area contributed by atoms with Gasteiger partial charge >= 0.3 is 0 Å². The number of rotatable bonds is 18. The van der Waals surface area contributed by atoms with Crippen molar-refractivity contribution in [1.29, 1.82) is 0 Å². The van der Waals surface area contributed by atoms with E-state index in [1.807, 2.05) is 48.5 Å². The molecule has 10 heteroatoms. The van der Waals surface area contributed by atoms with E-state index in [0.717, 1.165) is 51.4 Å². The molecule has 0 radical (unpaired) electrons. The summed E-state index contributed by atoms with van der Waals surface area (Å²) < 4.78 is 0. The molecular weight excluding hydrogens is 640 g/mol. The number of nitrogens with zero attached hydrogens (tertiary/aromatic N) is 6. The first-order chi connectivity index (χ1) is 24.9. The molecule has 4 N–H and O–H groups in total. The van der Waals surface area contributed by atoms with Gasteiger partial charge in [-0.1, -0.05) is 102 Å². The molecule has 0 bridgehead atoms. The zero-order valence-electron chi connectivity index (χ0n) is 29.7. The number of benzene rings is 4. The first-order valence-electron chi connectivity index (χ1n) is 18.6. The largest absolute Gasteiger partial charge is 0.505 e. The summed E-state index contributed by atoms with van der Waals surface area (Å²) >= 11 is 0. The van der Waals surface area contributed by atoms with E-state index in [4.69, 9.17) is 0 Å². The summed E-state index contributed by atoms with van der Waals surface area (Å²) in [7, 11) is 0. The molecule has 4 aromatic carbocycles. The van der Waals surface area contributed by atoms with Gasteiger partial charge in [-0.15, -0.1) is 30.0 Å². The van der Waals surface area contributed by atoms with Gasteiger partial charge in [-0.2, -0.15) is 0 Å². The maximum Gasteiger partial charge on any atom is 0.146 e. The molecule has 51 heavy (non-hydrogen) atoms. The van der Waals surface area contributed by atoms with Gasteiger partial charge in [0.1, 0.15) is 44.9 Å². The van der Waals surface area contributed by atoms with Crippen molar-refractivity contribution in [1.82, 2.24) is 30.0 Å². The van der Waals surface area contributed by atoms with E-state index in [1.165, 1.54) is 22.4 Å². The van der Waals surface area contributed by atoms with Crippen LogP contribution >= 0.6 is 0 Å². The first-order valence-corrected chi connectivity index (χ1v) is 18.6. The number of phenolic OH excluding ortho intramolecular Hbond substituents is 2. The summed E-state index contributed by atoms with van der Waals surface area (Å²) in [5.41, 5.74) is 5.64. The van der Waals surface area contributed by atoms with Crippen LogP contribution < -0.4 is 0 Å². The fourth-order valence-corrected chi connectivity index (χ4v) is 6.72. The molecule has 0 fully saturated rings. The van der Waals surface area contributed by atoms with Crippen molar-refractivity contribution in [3.05, 3.63) is 95.1 Å². The maximum atomic E-state index is 11.8. The zero-order valence-corrected chi connectivity index (χ0v) is 29.7. The predicted molar refractivity (Wildman–Crippen MR) is 201 cm³/mol. The molecule has 2 unspecified atom stereocenters. The molecule has 0 saturated heterocycles. The molecule has 6 rings (SSSR count). The Bertz CT molecular complexity index is 1840. The first kappa shape index (κ1) is 36.0. The lowest BCUT2D eigenvalue weighted by Gasteiger charge is -2.19. The third-order valence-electron chi connectivity index (χ3n) is 9.70. The number of fused-ring (bicyclic) bond motifs is 2. The van der Waals surface area contributed by atoms with Crippen molar-refractivity contribution in [2.24, 2.45) is 0 Å². The zero-order chi connectivity index (χ0) is 35.7. The summed E-state index contributed by atoms with van der Waals surface area (Å²) in [4.78, 5) is 2.81. The van der Waals surface area contributed by atoms with E-state index in [1.54, 1.807) is 24.3 Å². The van der Waals surface area contributed by atoms with Crippen LogP contribution in [0.3, 0.4) is 0 Å². The van der Waals surface area contributed by atoms with Crippen LogP contribution in [0.4, 0.5) is 0 Å². The summed E-state index contributed by atoms with van der Waals surface area (Å²) in [6, 6.07) is 22.1. The Balaban J connectivity index is 1.40. The Morgan fingerprint density at radius 3 is 1.22 bits per heavy atom.